The number of aliphatic carboxylic acids is 1. The topological polar surface area (TPSA) is 77.8 Å². The van der Waals surface area contributed by atoms with Crippen LogP contribution in [0.4, 0.5) is 0 Å². The summed E-state index contributed by atoms with van der Waals surface area (Å²) in [7, 11) is 0. The minimum Gasteiger partial charge on any atom is -0.481 e. The Kier molecular flexibility index (Phi) is 11.4. The number of aliphatic hydroxyl groups excluding tert-OH is 1. The van der Waals surface area contributed by atoms with E-state index >= 15 is 0 Å². The van der Waals surface area contributed by atoms with E-state index in [2.05, 4.69) is 56.9 Å². The zero-order valence-electron chi connectivity index (χ0n) is 21.1. The number of piperidine rings is 1. The van der Waals surface area contributed by atoms with Gasteiger partial charge in [-0.1, -0.05) is 64.8 Å². The van der Waals surface area contributed by atoms with Crippen LogP contribution in [0.5, 0.6) is 0 Å². The van der Waals surface area contributed by atoms with Crippen molar-refractivity contribution in [1.29, 1.82) is 0 Å². The lowest BCUT2D eigenvalue weighted by Gasteiger charge is -2.41. The fourth-order valence-corrected chi connectivity index (χ4v) is 5.13. The van der Waals surface area contributed by atoms with Crippen LogP contribution in [-0.2, 0) is 16.0 Å². The second-order valence-corrected chi connectivity index (χ2v) is 10.6. The first-order valence-corrected chi connectivity index (χ1v) is 13.0. The monoisotopic (exact) mass is 459 g/mol. The van der Waals surface area contributed by atoms with E-state index in [-0.39, 0.29) is 24.3 Å². The largest absolute Gasteiger partial charge is 0.481 e. The summed E-state index contributed by atoms with van der Waals surface area (Å²) in [6.07, 6.45) is 7.41. The Labute approximate surface area is 200 Å². The van der Waals surface area contributed by atoms with Crippen molar-refractivity contribution in [2.24, 2.45) is 11.8 Å². The molecule has 1 fully saturated rings. The Bertz CT molecular complexity index is 730. The predicted octanol–water partition coefficient (Wildman–Crippen LogP) is 5.79. The van der Waals surface area contributed by atoms with Gasteiger partial charge in [0.2, 0.25) is 5.91 Å². The molecule has 0 aliphatic carbocycles. The lowest BCUT2D eigenvalue weighted by molar-refractivity contribution is -0.139. The molecular weight excluding hydrogens is 414 g/mol. The van der Waals surface area contributed by atoms with Gasteiger partial charge in [-0.15, -0.1) is 0 Å². The molecule has 2 rings (SSSR count). The summed E-state index contributed by atoms with van der Waals surface area (Å²) in [4.78, 5) is 25.5. The van der Waals surface area contributed by atoms with Crippen molar-refractivity contribution in [2.45, 2.75) is 110 Å². The number of rotatable bonds is 14. The number of benzene rings is 1. The van der Waals surface area contributed by atoms with E-state index in [1.165, 1.54) is 5.56 Å². The first-order valence-electron chi connectivity index (χ1n) is 13.0. The van der Waals surface area contributed by atoms with Crippen molar-refractivity contribution in [1.82, 2.24) is 4.90 Å². The van der Waals surface area contributed by atoms with Crippen LogP contribution in [0.25, 0.3) is 0 Å². The molecule has 1 aliphatic heterocycles. The maximum absolute atomic E-state index is 12.8. The van der Waals surface area contributed by atoms with Crippen molar-refractivity contribution in [3.8, 4) is 0 Å². The van der Waals surface area contributed by atoms with Gasteiger partial charge in [0, 0.05) is 25.4 Å². The summed E-state index contributed by atoms with van der Waals surface area (Å²) < 4.78 is 0. The average Bonchev–Trinajstić information content (AvgIpc) is 2.74. The third kappa shape index (κ3) is 9.48. The molecule has 0 aromatic heterocycles. The number of unbranched alkanes of at least 4 members (excludes halogenated alkanes) is 2. The van der Waals surface area contributed by atoms with Crippen LogP contribution in [-0.4, -0.2) is 45.7 Å². The standard InChI is InChI=1S/C28H45NO4/c1-20(2)24-15-13-23(14-16-24)18-25(30)17-22(4)26-10-8-11-27(31)29(26)19-21(3)9-6-5-7-12-28(32)33/h13-16,20-22,25-26,30H,5-12,17-19H2,1-4H3,(H,32,33)/t21-,22+,25?,26-/m1/s1. The maximum atomic E-state index is 12.8. The Hall–Kier alpha value is -1.88. The number of aliphatic hydroxyl groups is 1. The molecule has 1 saturated heterocycles. The van der Waals surface area contributed by atoms with E-state index in [0.717, 1.165) is 50.6 Å². The Morgan fingerprint density at radius 3 is 2.42 bits per heavy atom. The molecule has 5 nitrogen and oxygen atoms in total. The van der Waals surface area contributed by atoms with Crippen LogP contribution in [0.2, 0.25) is 0 Å². The van der Waals surface area contributed by atoms with Crippen LogP contribution < -0.4 is 0 Å². The van der Waals surface area contributed by atoms with Crippen molar-refractivity contribution < 1.29 is 19.8 Å². The van der Waals surface area contributed by atoms with Gasteiger partial charge < -0.3 is 15.1 Å². The van der Waals surface area contributed by atoms with Crippen molar-refractivity contribution >= 4 is 11.9 Å². The molecule has 2 N–H and O–H groups in total. The van der Waals surface area contributed by atoms with Crippen molar-refractivity contribution in [3.05, 3.63) is 35.4 Å². The molecule has 1 unspecified atom stereocenters. The fraction of sp³-hybridized carbons (Fsp3) is 0.714. The quantitative estimate of drug-likeness (QED) is 0.345. The summed E-state index contributed by atoms with van der Waals surface area (Å²) in [5, 5.41) is 19.5. The van der Waals surface area contributed by atoms with Gasteiger partial charge >= 0.3 is 5.97 Å². The molecule has 5 heteroatoms. The fourth-order valence-electron chi connectivity index (χ4n) is 5.13. The Morgan fingerprint density at radius 2 is 1.79 bits per heavy atom. The van der Waals surface area contributed by atoms with Crippen LogP contribution in [0.15, 0.2) is 24.3 Å². The van der Waals surface area contributed by atoms with Crippen molar-refractivity contribution in [3.63, 3.8) is 0 Å². The molecule has 0 bridgehead atoms. The summed E-state index contributed by atoms with van der Waals surface area (Å²) in [6, 6.07) is 8.75. The number of amides is 1. The van der Waals surface area contributed by atoms with Gasteiger partial charge in [0.25, 0.3) is 0 Å². The molecule has 33 heavy (non-hydrogen) atoms. The summed E-state index contributed by atoms with van der Waals surface area (Å²) >= 11 is 0. The summed E-state index contributed by atoms with van der Waals surface area (Å²) in [5.41, 5.74) is 2.47. The maximum Gasteiger partial charge on any atom is 0.303 e. The molecule has 4 atom stereocenters. The van der Waals surface area contributed by atoms with Crippen LogP contribution in [0.3, 0.4) is 0 Å². The zero-order chi connectivity index (χ0) is 24.4. The van der Waals surface area contributed by atoms with Crippen LogP contribution in [0, 0.1) is 11.8 Å². The van der Waals surface area contributed by atoms with E-state index < -0.39 is 12.1 Å². The van der Waals surface area contributed by atoms with Gasteiger partial charge in [-0.25, -0.2) is 0 Å². The molecule has 0 saturated carbocycles. The molecular formula is C28H45NO4. The number of hydrogen-bond donors (Lipinski definition) is 2. The van der Waals surface area contributed by atoms with Gasteiger partial charge in [-0.2, -0.15) is 0 Å². The molecule has 0 radical (unpaired) electrons. The Balaban J connectivity index is 1.85. The minimum absolute atomic E-state index is 0.193. The average molecular weight is 460 g/mol. The number of carboxylic acids is 1. The highest BCUT2D eigenvalue weighted by atomic mass is 16.4. The van der Waals surface area contributed by atoms with Gasteiger partial charge in [-0.3, -0.25) is 9.59 Å². The minimum atomic E-state index is -0.728. The van der Waals surface area contributed by atoms with E-state index in [0.29, 0.717) is 31.1 Å². The normalized spacial score (nSPS) is 19.5. The molecule has 1 aromatic carbocycles. The molecule has 0 spiro atoms. The van der Waals surface area contributed by atoms with Gasteiger partial charge in [-0.05, 0) is 67.4 Å². The third-order valence-corrected chi connectivity index (χ3v) is 7.13. The predicted molar refractivity (Wildman–Crippen MR) is 133 cm³/mol. The highest BCUT2D eigenvalue weighted by Crippen LogP contribution is 2.29. The van der Waals surface area contributed by atoms with E-state index in [4.69, 9.17) is 5.11 Å². The number of nitrogens with zero attached hydrogens (tertiary/aromatic N) is 1. The highest BCUT2D eigenvalue weighted by molar-refractivity contribution is 5.77. The molecule has 186 valence electrons. The van der Waals surface area contributed by atoms with E-state index in [1.807, 2.05) is 0 Å². The number of likely N-dealkylation sites (tertiary alicyclic amines) is 1. The summed E-state index contributed by atoms with van der Waals surface area (Å²) in [6.45, 7) is 9.50. The van der Waals surface area contributed by atoms with Crippen LogP contribution >= 0.6 is 0 Å². The van der Waals surface area contributed by atoms with E-state index in [9.17, 15) is 14.7 Å². The smallest absolute Gasteiger partial charge is 0.303 e. The molecule has 1 amide bonds. The lowest BCUT2D eigenvalue weighted by atomic mass is 9.85. The SMILES string of the molecule is CC(C)c1ccc(CC(O)C[C@H](C)[C@H]2CCCC(=O)N2C[C@H](C)CCCCCC(=O)O)cc1. The van der Waals surface area contributed by atoms with Gasteiger partial charge in [0.1, 0.15) is 0 Å². The second-order valence-electron chi connectivity index (χ2n) is 10.6. The zero-order valence-corrected chi connectivity index (χ0v) is 21.1. The molecule has 1 aliphatic rings. The number of carbonyl (C=O) groups is 2. The first kappa shape index (κ1) is 27.4. The molecule has 1 heterocycles. The van der Waals surface area contributed by atoms with Crippen molar-refractivity contribution in [2.75, 3.05) is 6.54 Å². The second kappa shape index (κ2) is 13.7. The number of carbonyl (C=O) groups excluding carboxylic acids is 1. The number of carboxylic acid groups (broad SMARTS) is 1. The highest BCUT2D eigenvalue weighted by Gasteiger charge is 2.33. The lowest BCUT2D eigenvalue weighted by Crippen LogP contribution is -2.49. The van der Waals surface area contributed by atoms with Gasteiger partial charge in [0.15, 0.2) is 0 Å². The van der Waals surface area contributed by atoms with Gasteiger partial charge in [0.05, 0.1) is 6.10 Å². The first-order chi connectivity index (χ1) is 15.7. The van der Waals surface area contributed by atoms with E-state index in [1.54, 1.807) is 0 Å². The summed E-state index contributed by atoms with van der Waals surface area (Å²) in [5.74, 6) is 0.673. The molecule has 1 aromatic rings. The Morgan fingerprint density at radius 1 is 1.09 bits per heavy atom. The number of hydrogen-bond acceptors (Lipinski definition) is 3. The van der Waals surface area contributed by atoms with Crippen LogP contribution in [0.1, 0.15) is 103 Å². The third-order valence-electron chi connectivity index (χ3n) is 7.13.